The molecule has 1 aliphatic carbocycles. The van der Waals surface area contributed by atoms with Crippen LogP contribution in [-0.4, -0.2) is 48.6 Å². The minimum absolute atomic E-state index is 0.0435. The van der Waals surface area contributed by atoms with Gasteiger partial charge in [-0.3, -0.25) is 9.69 Å². The van der Waals surface area contributed by atoms with Crippen molar-refractivity contribution in [3.05, 3.63) is 64.7 Å². The van der Waals surface area contributed by atoms with Crippen LogP contribution in [0.5, 0.6) is 5.75 Å². The molecule has 1 unspecified atom stereocenters. The van der Waals surface area contributed by atoms with Crippen molar-refractivity contribution < 1.29 is 19.1 Å². The lowest BCUT2D eigenvalue weighted by molar-refractivity contribution is -0.139. The largest absolute Gasteiger partial charge is 0.489 e. The van der Waals surface area contributed by atoms with Crippen LogP contribution in [0.3, 0.4) is 0 Å². The number of amides is 1. The highest BCUT2D eigenvalue weighted by Crippen LogP contribution is 2.41. The van der Waals surface area contributed by atoms with Crippen LogP contribution in [0, 0.1) is 0 Å². The van der Waals surface area contributed by atoms with Crippen LogP contribution in [0.4, 0.5) is 0 Å². The Kier molecular flexibility index (Phi) is 6.72. The number of likely N-dealkylation sites (tertiary alicyclic amines) is 1. The van der Waals surface area contributed by atoms with Gasteiger partial charge in [-0.05, 0) is 68.5 Å². The summed E-state index contributed by atoms with van der Waals surface area (Å²) in [5, 5.41) is 3.85. The number of ether oxygens (including phenoxy) is 2. The zero-order valence-electron chi connectivity index (χ0n) is 18.5. The number of nitrogens with one attached hydrogen (secondary N) is 1. The predicted molar refractivity (Wildman–Crippen MR) is 123 cm³/mol. The molecular formula is C25H29ClN2O4. The third-order valence-electron chi connectivity index (χ3n) is 6.63. The average molecular weight is 457 g/mol. The molecule has 0 radical (unpaired) electrons. The van der Waals surface area contributed by atoms with E-state index in [1.165, 1.54) is 7.11 Å². The van der Waals surface area contributed by atoms with Gasteiger partial charge in [0.15, 0.2) is 0 Å². The molecule has 2 aromatic carbocycles. The molecule has 0 spiro atoms. The highest BCUT2D eigenvalue weighted by Gasteiger charge is 2.51. The van der Waals surface area contributed by atoms with Crippen LogP contribution >= 0.6 is 11.6 Å². The molecular weight excluding hydrogens is 428 g/mol. The van der Waals surface area contributed by atoms with Crippen molar-refractivity contribution in [2.24, 2.45) is 0 Å². The van der Waals surface area contributed by atoms with Crippen molar-refractivity contribution in [3.8, 4) is 5.75 Å². The van der Waals surface area contributed by atoms with Gasteiger partial charge in [0, 0.05) is 18.1 Å². The van der Waals surface area contributed by atoms with Crippen molar-refractivity contribution in [3.63, 3.8) is 0 Å². The molecule has 0 bridgehead atoms. The Balaban J connectivity index is 1.38. The monoisotopic (exact) mass is 456 g/mol. The minimum Gasteiger partial charge on any atom is -0.489 e. The van der Waals surface area contributed by atoms with Crippen LogP contribution < -0.4 is 10.1 Å². The first-order chi connectivity index (χ1) is 15.4. The maximum Gasteiger partial charge on any atom is 0.337 e. The summed E-state index contributed by atoms with van der Waals surface area (Å²) in [5.74, 6) is 0.461. The van der Waals surface area contributed by atoms with Crippen LogP contribution in [-0.2, 0) is 9.53 Å². The number of halogens is 1. The van der Waals surface area contributed by atoms with Crippen molar-refractivity contribution in [1.29, 1.82) is 0 Å². The Labute approximate surface area is 193 Å². The molecule has 2 atom stereocenters. The van der Waals surface area contributed by atoms with Crippen LogP contribution in [0.25, 0.3) is 0 Å². The maximum atomic E-state index is 13.4. The van der Waals surface area contributed by atoms with E-state index in [0.29, 0.717) is 10.6 Å². The third kappa shape index (κ3) is 4.62. The van der Waals surface area contributed by atoms with Crippen molar-refractivity contribution in [2.75, 3.05) is 20.2 Å². The van der Waals surface area contributed by atoms with E-state index in [-0.39, 0.29) is 24.0 Å². The van der Waals surface area contributed by atoms with E-state index >= 15 is 0 Å². The molecule has 1 saturated carbocycles. The minimum atomic E-state index is -0.466. The molecule has 170 valence electrons. The lowest BCUT2D eigenvalue weighted by Gasteiger charge is -2.47. The lowest BCUT2D eigenvalue weighted by atomic mass is 9.74. The number of hydrogen-bond acceptors (Lipinski definition) is 5. The van der Waals surface area contributed by atoms with Crippen molar-refractivity contribution in [2.45, 2.75) is 50.3 Å². The number of nitrogens with zero attached hydrogens (tertiary/aromatic N) is 1. The molecule has 1 N–H and O–H groups in total. The zero-order chi connectivity index (χ0) is 22.7. The van der Waals surface area contributed by atoms with Gasteiger partial charge in [0.25, 0.3) is 0 Å². The Morgan fingerprint density at radius 2 is 1.94 bits per heavy atom. The summed E-state index contributed by atoms with van der Waals surface area (Å²) in [4.78, 5) is 27.3. The van der Waals surface area contributed by atoms with Crippen LogP contribution in [0.2, 0.25) is 5.02 Å². The van der Waals surface area contributed by atoms with E-state index < -0.39 is 5.54 Å². The van der Waals surface area contributed by atoms with E-state index in [1.807, 2.05) is 43.3 Å². The van der Waals surface area contributed by atoms with E-state index in [4.69, 9.17) is 21.1 Å². The van der Waals surface area contributed by atoms with Gasteiger partial charge in [-0.25, -0.2) is 4.79 Å². The second-order valence-corrected chi connectivity index (χ2v) is 9.06. The van der Waals surface area contributed by atoms with E-state index in [9.17, 15) is 9.59 Å². The van der Waals surface area contributed by atoms with Gasteiger partial charge in [-0.15, -0.1) is 0 Å². The summed E-state index contributed by atoms with van der Waals surface area (Å²) in [5.41, 5.74) is 0.976. The molecule has 7 heteroatoms. The molecule has 2 aromatic rings. The fourth-order valence-electron chi connectivity index (χ4n) is 4.58. The molecule has 0 aromatic heterocycles. The normalized spacial score (nSPS) is 20.8. The number of methoxy groups -OCH3 is 1. The number of esters is 1. The summed E-state index contributed by atoms with van der Waals surface area (Å²) in [7, 11) is 1.36. The SMILES string of the molecule is COC(=O)c1ccc(C(C)NC(=O)C2(N3CC[C@@H](Oc4cccc(Cl)c4)C3)CCC2)cc1. The molecule has 32 heavy (non-hydrogen) atoms. The van der Waals surface area contributed by atoms with Gasteiger partial charge < -0.3 is 14.8 Å². The fraction of sp³-hybridized carbons (Fsp3) is 0.440. The molecule has 2 aliphatic rings. The third-order valence-corrected chi connectivity index (χ3v) is 6.87. The summed E-state index contributed by atoms with van der Waals surface area (Å²) >= 11 is 6.07. The summed E-state index contributed by atoms with van der Waals surface area (Å²) in [6.45, 7) is 3.52. The average Bonchev–Trinajstić information content (AvgIpc) is 3.20. The van der Waals surface area contributed by atoms with E-state index in [0.717, 1.165) is 50.1 Å². The number of hydrogen-bond donors (Lipinski definition) is 1. The molecule has 2 fully saturated rings. The molecule has 1 saturated heterocycles. The molecule has 4 rings (SSSR count). The summed E-state index contributed by atoms with van der Waals surface area (Å²) in [6, 6.07) is 14.4. The molecule has 1 amide bonds. The summed E-state index contributed by atoms with van der Waals surface area (Å²) in [6.07, 6.45) is 3.69. The first kappa shape index (κ1) is 22.6. The first-order valence-electron chi connectivity index (χ1n) is 11.1. The van der Waals surface area contributed by atoms with Gasteiger partial charge in [-0.1, -0.05) is 29.8 Å². The van der Waals surface area contributed by atoms with Gasteiger partial charge in [-0.2, -0.15) is 0 Å². The molecule has 6 nitrogen and oxygen atoms in total. The Hall–Kier alpha value is -2.57. The smallest absolute Gasteiger partial charge is 0.337 e. The summed E-state index contributed by atoms with van der Waals surface area (Å²) < 4.78 is 10.9. The fourth-order valence-corrected chi connectivity index (χ4v) is 4.76. The number of rotatable bonds is 7. The zero-order valence-corrected chi connectivity index (χ0v) is 19.2. The first-order valence-corrected chi connectivity index (χ1v) is 11.5. The number of carbonyl (C=O) groups excluding carboxylic acids is 2. The number of benzene rings is 2. The van der Waals surface area contributed by atoms with Gasteiger partial charge in [0.1, 0.15) is 17.4 Å². The Bertz CT molecular complexity index is 974. The Morgan fingerprint density at radius 3 is 2.56 bits per heavy atom. The second-order valence-electron chi connectivity index (χ2n) is 8.63. The quantitative estimate of drug-likeness (QED) is 0.626. The van der Waals surface area contributed by atoms with E-state index in [1.54, 1.807) is 12.1 Å². The Morgan fingerprint density at radius 1 is 1.19 bits per heavy atom. The highest BCUT2D eigenvalue weighted by atomic mass is 35.5. The van der Waals surface area contributed by atoms with Gasteiger partial charge >= 0.3 is 5.97 Å². The second kappa shape index (κ2) is 9.51. The van der Waals surface area contributed by atoms with E-state index in [2.05, 4.69) is 10.2 Å². The lowest BCUT2D eigenvalue weighted by Crippen LogP contribution is -2.62. The highest BCUT2D eigenvalue weighted by molar-refractivity contribution is 6.30. The standard InChI is InChI=1S/C25H29ClN2O4/c1-17(18-7-9-19(10-8-18)23(29)31-2)27-24(30)25(12-4-13-25)28-14-11-22(16-28)32-21-6-3-5-20(26)15-21/h3,5-10,15,17,22H,4,11-14,16H2,1-2H3,(H,27,30)/t17?,22-/m1/s1. The van der Waals surface area contributed by atoms with Crippen molar-refractivity contribution in [1.82, 2.24) is 10.2 Å². The van der Waals surface area contributed by atoms with Crippen LogP contribution in [0.1, 0.15) is 54.6 Å². The number of carbonyl (C=O) groups is 2. The predicted octanol–water partition coefficient (Wildman–Crippen LogP) is 4.38. The van der Waals surface area contributed by atoms with Gasteiger partial charge in [0.05, 0.1) is 18.7 Å². The van der Waals surface area contributed by atoms with Gasteiger partial charge in [0.2, 0.25) is 5.91 Å². The molecule has 1 aliphatic heterocycles. The topological polar surface area (TPSA) is 67.9 Å². The molecule has 1 heterocycles. The maximum absolute atomic E-state index is 13.4. The van der Waals surface area contributed by atoms with Crippen molar-refractivity contribution >= 4 is 23.5 Å². The van der Waals surface area contributed by atoms with Crippen LogP contribution in [0.15, 0.2) is 48.5 Å².